The maximum Gasteiger partial charge on any atom is -0.0167 e. The topological polar surface area (TPSA) is 0 Å². The van der Waals surface area contributed by atoms with Crippen LogP contribution in [0.5, 0.6) is 0 Å². The van der Waals surface area contributed by atoms with E-state index >= 15 is 0 Å². The fourth-order valence-electron chi connectivity index (χ4n) is 1.58. The quantitative estimate of drug-likeness (QED) is 0.320. The van der Waals surface area contributed by atoms with Gasteiger partial charge in [-0.2, -0.15) is 0 Å². The molecule has 0 bridgehead atoms. The summed E-state index contributed by atoms with van der Waals surface area (Å²) < 4.78 is 0. The van der Waals surface area contributed by atoms with Gasteiger partial charge in [0.1, 0.15) is 0 Å². The Kier molecular flexibility index (Phi) is 12.7. The van der Waals surface area contributed by atoms with Crippen LogP contribution in [0.1, 0.15) is 65.2 Å². The van der Waals surface area contributed by atoms with Crippen molar-refractivity contribution in [2.75, 3.05) is 0 Å². The fraction of sp³-hybridized carbons (Fsp3) is 0.588. The van der Waals surface area contributed by atoms with E-state index in [1.807, 2.05) is 0 Å². The molecule has 0 spiro atoms. The van der Waals surface area contributed by atoms with Crippen molar-refractivity contribution in [3.63, 3.8) is 0 Å². The second-order valence-electron chi connectivity index (χ2n) is 4.75. The Labute approximate surface area is 109 Å². The fourth-order valence-corrected chi connectivity index (χ4v) is 1.58. The summed E-state index contributed by atoms with van der Waals surface area (Å²) in [6.07, 6.45) is 21.1. The van der Waals surface area contributed by atoms with E-state index in [4.69, 9.17) is 0 Å². The van der Waals surface area contributed by atoms with Crippen LogP contribution in [0.4, 0.5) is 0 Å². The van der Waals surface area contributed by atoms with Crippen LogP contribution in [0.25, 0.3) is 0 Å². The molecule has 0 unspecified atom stereocenters. The van der Waals surface area contributed by atoms with E-state index in [0.717, 1.165) is 19.3 Å². The molecule has 0 aromatic carbocycles. The van der Waals surface area contributed by atoms with E-state index in [1.165, 1.54) is 37.7 Å². The van der Waals surface area contributed by atoms with Crippen LogP contribution in [-0.2, 0) is 0 Å². The Balaban J connectivity index is 3.27. The average molecular weight is 233 g/mol. The van der Waals surface area contributed by atoms with Crippen molar-refractivity contribution in [2.24, 2.45) is 0 Å². The second kappa shape index (κ2) is 13.3. The standard InChI is InChI=1S/C17H29/c1-4-5-6-7-8-9-10-11-12-13-14-15-16-17(2)3/h10-11,13-14,16H,1,4-9,12,15H2,2-3H3/b11-10+,14-13+. The second-order valence-corrected chi connectivity index (χ2v) is 4.75. The molecule has 0 saturated carbocycles. The van der Waals surface area contributed by atoms with Crippen molar-refractivity contribution in [3.8, 4) is 0 Å². The number of unbranched alkanes of at least 4 members (excludes halogenated alkanes) is 5. The smallest absolute Gasteiger partial charge is 0.0167 e. The lowest BCUT2D eigenvalue weighted by molar-refractivity contribution is 0.651. The summed E-state index contributed by atoms with van der Waals surface area (Å²) in [4.78, 5) is 0. The molecule has 0 amide bonds. The molecule has 0 atom stereocenters. The highest BCUT2D eigenvalue weighted by Gasteiger charge is 1.85. The minimum atomic E-state index is 1.07. The highest BCUT2D eigenvalue weighted by molar-refractivity contribution is 5.00. The van der Waals surface area contributed by atoms with Gasteiger partial charge in [0.05, 0.1) is 0 Å². The average Bonchev–Trinajstić information content (AvgIpc) is 2.30. The van der Waals surface area contributed by atoms with Crippen LogP contribution in [-0.4, -0.2) is 0 Å². The summed E-state index contributed by atoms with van der Waals surface area (Å²) in [5.74, 6) is 0. The predicted molar refractivity (Wildman–Crippen MR) is 80.0 cm³/mol. The molecule has 0 aliphatic rings. The van der Waals surface area contributed by atoms with Crippen LogP contribution in [0.3, 0.4) is 0 Å². The predicted octanol–water partition coefficient (Wildman–Crippen LogP) is 6.02. The van der Waals surface area contributed by atoms with Gasteiger partial charge >= 0.3 is 0 Å². The van der Waals surface area contributed by atoms with Gasteiger partial charge in [-0.15, -0.1) is 0 Å². The van der Waals surface area contributed by atoms with Crippen LogP contribution < -0.4 is 0 Å². The van der Waals surface area contributed by atoms with Gasteiger partial charge in [0.2, 0.25) is 0 Å². The molecular weight excluding hydrogens is 204 g/mol. The number of rotatable bonds is 10. The van der Waals surface area contributed by atoms with Crippen molar-refractivity contribution < 1.29 is 0 Å². The van der Waals surface area contributed by atoms with Gasteiger partial charge in [0.15, 0.2) is 0 Å². The first-order valence-corrected chi connectivity index (χ1v) is 7.00. The molecule has 0 aliphatic heterocycles. The van der Waals surface area contributed by atoms with Crippen LogP contribution in [0.2, 0.25) is 0 Å². The molecule has 1 radical (unpaired) electrons. The molecule has 97 valence electrons. The Morgan fingerprint density at radius 1 is 0.824 bits per heavy atom. The third-order valence-corrected chi connectivity index (χ3v) is 2.64. The molecule has 0 aromatic heterocycles. The van der Waals surface area contributed by atoms with E-state index in [1.54, 1.807) is 0 Å². The zero-order valence-electron chi connectivity index (χ0n) is 11.8. The van der Waals surface area contributed by atoms with Gasteiger partial charge < -0.3 is 0 Å². The minimum Gasteiger partial charge on any atom is -0.0882 e. The molecule has 0 nitrogen and oxygen atoms in total. The van der Waals surface area contributed by atoms with Gasteiger partial charge in [0, 0.05) is 0 Å². The third-order valence-electron chi connectivity index (χ3n) is 2.64. The SMILES string of the molecule is [CH2]CCCCCC/C=C/C/C=C/CC=C(C)C. The Bertz CT molecular complexity index is 226. The normalized spacial score (nSPS) is 11.5. The van der Waals surface area contributed by atoms with E-state index in [0.29, 0.717) is 0 Å². The highest BCUT2D eigenvalue weighted by atomic mass is 13.9. The zero-order valence-corrected chi connectivity index (χ0v) is 11.8. The summed E-state index contributed by atoms with van der Waals surface area (Å²) in [7, 11) is 0. The first-order chi connectivity index (χ1) is 8.27. The maximum atomic E-state index is 3.85. The summed E-state index contributed by atoms with van der Waals surface area (Å²) in [5, 5.41) is 0. The lowest BCUT2D eigenvalue weighted by atomic mass is 10.1. The molecular formula is C17H29. The first-order valence-electron chi connectivity index (χ1n) is 7.00. The van der Waals surface area contributed by atoms with Crippen molar-refractivity contribution in [3.05, 3.63) is 42.9 Å². The lowest BCUT2D eigenvalue weighted by Crippen LogP contribution is -1.75. The zero-order chi connectivity index (χ0) is 12.8. The first kappa shape index (κ1) is 16.2. The molecule has 17 heavy (non-hydrogen) atoms. The summed E-state index contributed by atoms with van der Waals surface area (Å²) in [6.45, 7) is 8.14. The summed E-state index contributed by atoms with van der Waals surface area (Å²) >= 11 is 0. The van der Waals surface area contributed by atoms with Crippen LogP contribution in [0, 0.1) is 6.92 Å². The molecule has 0 rings (SSSR count). The van der Waals surface area contributed by atoms with Crippen LogP contribution in [0.15, 0.2) is 36.0 Å². The number of hydrogen-bond acceptors (Lipinski definition) is 0. The monoisotopic (exact) mass is 233 g/mol. The Morgan fingerprint density at radius 3 is 2.18 bits per heavy atom. The molecule has 0 saturated heterocycles. The minimum absolute atomic E-state index is 1.07. The van der Waals surface area contributed by atoms with E-state index in [2.05, 4.69) is 51.2 Å². The lowest BCUT2D eigenvalue weighted by Gasteiger charge is -1.95. The largest absolute Gasteiger partial charge is 0.0882 e. The molecule has 0 fully saturated rings. The van der Waals surface area contributed by atoms with Gasteiger partial charge in [-0.1, -0.05) is 68.6 Å². The van der Waals surface area contributed by atoms with Crippen LogP contribution >= 0.6 is 0 Å². The number of allylic oxidation sites excluding steroid dienone is 6. The maximum absolute atomic E-state index is 3.85. The summed E-state index contributed by atoms with van der Waals surface area (Å²) in [6, 6.07) is 0. The third kappa shape index (κ3) is 15.2. The Hall–Kier alpha value is -0.780. The molecule has 0 aromatic rings. The van der Waals surface area contributed by atoms with Gasteiger partial charge in [-0.3, -0.25) is 0 Å². The van der Waals surface area contributed by atoms with Crippen molar-refractivity contribution >= 4 is 0 Å². The van der Waals surface area contributed by atoms with Gasteiger partial charge in [0.25, 0.3) is 0 Å². The van der Waals surface area contributed by atoms with Gasteiger partial charge in [-0.25, -0.2) is 0 Å². The highest BCUT2D eigenvalue weighted by Crippen LogP contribution is 2.05. The molecule has 0 aliphatic carbocycles. The molecule has 0 heterocycles. The summed E-state index contributed by atoms with van der Waals surface area (Å²) in [5.41, 5.74) is 1.40. The Morgan fingerprint density at radius 2 is 1.47 bits per heavy atom. The number of hydrogen-bond donors (Lipinski definition) is 0. The van der Waals surface area contributed by atoms with Crippen molar-refractivity contribution in [1.29, 1.82) is 0 Å². The van der Waals surface area contributed by atoms with E-state index in [-0.39, 0.29) is 0 Å². The van der Waals surface area contributed by atoms with E-state index < -0.39 is 0 Å². The van der Waals surface area contributed by atoms with E-state index in [9.17, 15) is 0 Å². The molecule has 0 N–H and O–H groups in total. The van der Waals surface area contributed by atoms with Crippen molar-refractivity contribution in [1.82, 2.24) is 0 Å². The molecule has 0 heteroatoms. The van der Waals surface area contributed by atoms with Crippen molar-refractivity contribution in [2.45, 2.75) is 65.2 Å². The van der Waals surface area contributed by atoms with Gasteiger partial charge in [-0.05, 0) is 39.5 Å².